The van der Waals surface area contributed by atoms with Gasteiger partial charge in [0.25, 0.3) is 5.91 Å². The van der Waals surface area contributed by atoms with Crippen LogP contribution in [0.4, 0.5) is 11.6 Å². The molecule has 1 N–H and O–H groups in total. The first-order valence-corrected chi connectivity index (χ1v) is 9.12. The van der Waals surface area contributed by atoms with Crippen molar-refractivity contribution < 1.29 is 4.79 Å². The lowest BCUT2D eigenvalue weighted by atomic mass is 9.92. The van der Waals surface area contributed by atoms with Gasteiger partial charge < -0.3 is 15.1 Å². The monoisotopic (exact) mass is 369 g/mol. The Balaban J connectivity index is 1.46. The second-order valence-corrected chi connectivity index (χ2v) is 8.18. The van der Waals surface area contributed by atoms with E-state index < -0.39 is 0 Å². The van der Waals surface area contributed by atoms with E-state index in [2.05, 4.69) is 51.4 Å². The van der Waals surface area contributed by atoms with Gasteiger partial charge in [-0.25, -0.2) is 0 Å². The van der Waals surface area contributed by atoms with Crippen molar-refractivity contribution in [2.24, 2.45) is 5.92 Å². The van der Waals surface area contributed by atoms with Gasteiger partial charge in [0, 0.05) is 45.1 Å². The molecule has 0 aromatic carbocycles. The number of hydrogen-bond acceptors (Lipinski definition) is 7. The summed E-state index contributed by atoms with van der Waals surface area (Å²) in [6.45, 7) is 8.69. The number of carbonyl (C=O) groups excluding carboxylic acids is 1. The predicted molar refractivity (Wildman–Crippen MR) is 105 cm³/mol. The zero-order valence-corrected chi connectivity index (χ0v) is 16.6. The molecule has 8 nitrogen and oxygen atoms in total. The van der Waals surface area contributed by atoms with Gasteiger partial charge in [-0.15, -0.1) is 15.3 Å². The molecular weight excluding hydrogens is 342 g/mol. The minimum absolute atomic E-state index is 0.000926. The standard InChI is InChI=1S/C19H27N7O/c1-19(2,3)15-7-9-17(24-22-15)26-11-13(12-26)10-20-18(27)14-6-8-16(23-21-14)25(4)5/h6-9,13H,10-12H2,1-5H3,(H,20,27). The Morgan fingerprint density at radius 1 is 1.11 bits per heavy atom. The van der Waals surface area contributed by atoms with Crippen molar-refractivity contribution in [3.63, 3.8) is 0 Å². The van der Waals surface area contributed by atoms with Crippen LogP contribution in [0.5, 0.6) is 0 Å². The molecule has 1 aliphatic rings. The molecule has 0 radical (unpaired) electrons. The number of amides is 1. The maximum atomic E-state index is 12.2. The first kappa shape index (κ1) is 19.0. The van der Waals surface area contributed by atoms with Crippen LogP contribution in [0.3, 0.4) is 0 Å². The molecular formula is C19H27N7O. The molecule has 0 unspecified atom stereocenters. The minimum Gasteiger partial charge on any atom is -0.361 e. The smallest absolute Gasteiger partial charge is 0.271 e. The highest BCUT2D eigenvalue weighted by molar-refractivity contribution is 5.92. The average Bonchev–Trinajstić information content (AvgIpc) is 2.60. The molecule has 0 bridgehead atoms. The Labute approximate surface area is 160 Å². The second-order valence-electron chi connectivity index (χ2n) is 8.18. The Hall–Kier alpha value is -2.77. The highest BCUT2D eigenvalue weighted by atomic mass is 16.1. The number of rotatable bonds is 5. The van der Waals surface area contributed by atoms with E-state index in [0.29, 0.717) is 18.2 Å². The van der Waals surface area contributed by atoms with Gasteiger partial charge in [-0.3, -0.25) is 4.79 Å². The lowest BCUT2D eigenvalue weighted by molar-refractivity contribution is 0.0938. The van der Waals surface area contributed by atoms with Crippen molar-refractivity contribution >= 4 is 17.5 Å². The first-order chi connectivity index (χ1) is 12.7. The number of nitrogens with zero attached hydrogens (tertiary/aromatic N) is 6. The lowest BCUT2D eigenvalue weighted by Crippen LogP contribution is -2.52. The van der Waals surface area contributed by atoms with Crippen LogP contribution < -0.4 is 15.1 Å². The predicted octanol–water partition coefficient (Wildman–Crippen LogP) is 1.50. The van der Waals surface area contributed by atoms with E-state index in [1.807, 2.05) is 31.1 Å². The van der Waals surface area contributed by atoms with Gasteiger partial charge in [0.2, 0.25) is 0 Å². The van der Waals surface area contributed by atoms with Crippen LogP contribution in [-0.2, 0) is 5.41 Å². The molecule has 0 spiro atoms. The van der Waals surface area contributed by atoms with E-state index >= 15 is 0 Å². The molecule has 8 heteroatoms. The van der Waals surface area contributed by atoms with Gasteiger partial charge in [-0.2, -0.15) is 5.10 Å². The van der Waals surface area contributed by atoms with Crippen LogP contribution in [0.2, 0.25) is 0 Å². The molecule has 0 saturated carbocycles. The summed E-state index contributed by atoms with van der Waals surface area (Å²) >= 11 is 0. The fourth-order valence-corrected chi connectivity index (χ4v) is 2.79. The number of hydrogen-bond donors (Lipinski definition) is 1. The zero-order valence-electron chi connectivity index (χ0n) is 16.6. The third-order valence-electron chi connectivity index (χ3n) is 4.59. The number of aromatic nitrogens is 4. The Morgan fingerprint density at radius 2 is 1.85 bits per heavy atom. The van der Waals surface area contributed by atoms with E-state index in [9.17, 15) is 4.79 Å². The van der Waals surface area contributed by atoms with Crippen molar-refractivity contribution in [1.82, 2.24) is 25.7 Å². The zero-order chi connectivity index (χ0) is 19.6. The van der Waals surface area contributed by atoms with Crippen LogP contribution in [-0.4, -0.2) is 60.0 Å². The molecule has 3 heterocycles. The highest BCUT2D eigenvalue weighted by Crippen LogP contribution is 2.24. The van der Waals surface area contributed by atoms with Crippen LogP contribution in [0.25, 0.3) is 0 Å². The van der Waals surface area contributed by atoms with E-state index in [1.54, 1.807) is 12.1 Å². The maximum absolute atomic E-state index is 12.2. The first-order valence-electron chi connectivity index (χ1n) is 9.12. The van der Waals surface area contributed by atoms with Gasteiger partial charge in [0.05, 0.1) is 5.69 Å². The van der Waals surface area contributed by atoms with Gasteiger partial charge in [-0.05, 0) is 24.3 Å². The minimum atomic E-state index is -0.194. The van der Waals surface area contributed by atoms with E-state index in [0.717, 1.165) is 30.4 Å². The molecule has 1 amide bonds. The van der Waals surface area contributed by atoms with Gasteiger partial charge in [-0.1, -0.05) is 20.8 Å². The summed E-state index contributed by atoms with van der Waals surface area (Å²) in [5.74, 6) is 1.81. The molecule has 144 valence electrons. The van der Waals surface area contributed by atoms with Crippen LogP contribution >= 0.6 is 0 Å². The fourth-order valence-electron chi connectivity index (χ4n) is 2.79. The van der Waals surface area contributed by atoms with Crippen LogP contribution in [0.15, 0.2) is 24.3 Å². The average molecular weight is 369 g/mol. The fraction of sp³-hybridized carbons (Fsp3) is 0.526. The largest absolute Gasteiger partial charge is 0.361 e. The maximum Gasteiger partial charge on any atom is 0.271 e. The summed E-state index contributed by atoms with van der Waals surface area (Å²) in [6, 6.07) is 7.53. The van der Waals surface area contributed by atoms with Crippen molar-refractivity contribution in [3.05, 3.63) is 35.7 Å². The number of anilines is 2. The summed E-state index contributed by atoms with van der Waals surface area (Å²) in [4.78, 5) is 16.2. The molecule has 1 fully saturated rings. The van der Waals surface area contributed by atoms with E-state index in [4.69, 9.17) is 0 Å². The third-order valence-corrected chi connectivity index (χ3v) is 4.59. The lowest BCUT2D eigenvalue weighted by Gasteiger charge is -2.40. The summed E-state index contributed by atoms with van der Waals surface area (Å²) < 4.78 is 0. The molecule has 0 atom stereocenters. The Kier molecular flexibility index (Phi) is 5.25. The molecule has 27 heavy (non-hydrogen) atoms. The Bertz CT molecular complexity index is 775. The topological polar surface area (TPSA) is 87.1 Å². The summed E-state index contributed by atoms with van der Waals surface area (Å²) in [5.41, 5.74) is 1.32. The summed E-state index contributed by atoms with van der Waals surface area (Å²) in [7, 11) is 3.76. The molecule has 1 aliphatic heterocycles. The van der Waals surface area contributed by atoms with Gasteiger partial charge >= 0.3 is 0 Å². The van der Waals surface area contributed by atoms with Gasteiger partial charge in [0.15, 0.2) is 17.3 Å². The summed E-state index contributed by atoms with van der Waals surface area (Å²) in [6.07, 6.45) is 0. The summed E-state index contributed by atoms with van der Waals surface area (Å²) in [5, 5.41) is 19.6. The van der Waals surface area contributed by atoms with Crippen molar-refractivity contribution in [2.45, 2.75) is 26.2 Å². The number of nitrogens with one attached hydrogen (secondary N) is 1. The molecule has 3 rings (SSSR count). The van der Waals surface area contributed by atoms with Crippen molar-refractivity contribution in [2.75, 3.05) is 43.5 Å². The van der Waals surface area contributed by atoms with E-state index in [-0.39, 0.29) is 11.3 Å². The quantitative estimate of drug-likeness (QED) is 0.854. The van der Waals surface area contributed by atoms with Gasteiger partial charge in [0.1, 0.15) is 0 Å². The SMILES string of the molecule is CN(C)c1ccc(C(=O)NCC2CN(c3ccc(C(C)(C)C)nn3)C2)nn1. The van der Waals surface area contributed by atoms with Crippen molar-refractivity contribution in [1.29, 1.82) is 0 Å². The highest BCUT2D eigenvalue weighted by Gasteiger charge is 2.29. The molecule has 2 aromatic rings. The normalized spacial score (nSPS) is 14.6. The van der Waals surface area contributed by atoms with E-state index in [1.165, 1.54) is 0 Å². The molecule has 1 saturated heterocycles. The Morgan fingerprint density at radius 3 is 2.37 bits per heavy atom. The second kappa shape index (κ2) is 7.46. The molecule has 2 aromatic heterocycles. The van der Waals surface area contributed by atoms with Crippen LogP contribution in [0, 0.1) is 5.92 Å². The molecule has 0 aliphatic carbocycles. The van der Waals surface area contributed by atoms with Crippen LogP contribution in [0.1, 0.15) is 37.0 Å². The number of carbonyl (C=O) groups is 1. The van der Waals surface area contributed by atoms with Crippen molar-refractivity contribution in [3.8, 4) is 0 Å². The third kappa shape index (κ3) is 4.50.